The number of hydrogen-bond donors (Lipinski definition) is 2. The van der Waals surface area contributed by atoms with Gasteiger partial charge in [-0.3, -0.25) is 4.79 Å². The summed E-state index contributed by atoms with van der Waals surface area (Å²) >= 11 is 7.17. The predicted octanol–water partition coefficient (Wildman–Crippen LogP) is 1.78. The van der Waals surface area contributed by atoms with Crippen LogP contribution in [0.4, 0.5) is 5.69 Å². The molecule has 1 aromatic rings. The van der Waals surface area contributed by atoms with Crippen LogP contribution < -0.4 is 11.1 Å². The number of rotatable bonds is 6. The molecule has 94 valence electrons. The number of thioether (sulfide) groups is 1. The Hall–Kier alpha value is -0.910. The largest absolute Gasteiger partial charge is 0.398 e. The smallest absolute Gasteiger partial charge is 0.230 e. The van der Waals surface area contributed by atoms with Gasteiger partial charge in [0, 0.05) is 29.3 Å². The Morgan fingerprint density at radius 2 is 2.35 bits per heavy atom. The van der Waals surface area contributed by atoms with Crippen LogP contribution in [-0.2, 0) is 9.53 Å². The van der Waals surface area contributed by atoms with Crippen LogP contribution in [0.2, 0.25) is 5.02 Å². The summed E-state index contributed by atoms with van der Waals surface area (Å²) in [4.78, 5) is 12.3. The first-order chi connectivity index (χ1) is 8.13. The van der Waals surface area contributed by atoms with Crippen molar-refractivity contribution in [3.8, 4) is 0 Å². The highest BCUT2D eigenvalue weighted by Gasteiger charge is 2.05. The Morgan fingerprint density at radius 1 is 1.59 bits per heavy atom. The summed E-state index contributed by atoms with van der Waals surface area (Å²) in [5.41, 5.74) is 6.36. The minimum Gasteiger partial charge on any atom is -0.398 e. The lowest BCUT2D eigenvalue weighted by Gasteiger charge is -2.06. The van der Waals surface area contributed by atoms with E-state index >= 15 is 0 Å². The maximum Gasteiger partial charge on any atom is 0.230 e. The number of amides is 1. The number of nitrogens with two attached hydrogens (primary N) is 1. The van der Waals surface area contributed by atoms with E-state index in [9.17, 15) is 4.79 Å². The zero-order chi connectivity index (χ0) is 12.7. The molecule has 0 aromatic heterocycles. The first-order valence-corrected chi connectivity index (χ1v) is 6.43. The van der Waals surface area contributed by atoms with E-state index in [-0.39, 0.29) is 5.91 Å². The summed E-state index contributed by atoms with van der Waals surface area (Å²) in [6.45, 7) is 1.03. The Morgan fingerprint density at radius 3 is 3.00 bits per heavy atom. The number of halogens is 1. The standard InChI is InChI=1S/C11H15ClN2O2S/c1-16-5-4-14-11(15)7-17-10-3-2-8(12)6-9(10)13/h2-3,6H,4-5,7,13H2,1H3,(H,14,15). The number of hydrogen-bond acceptors (Lipinski definition) is 4. The normalized spacial score (nSPS) is 10.2. The third-order valence-corrected chi connectivity index (χ3v) is 3.28. The topological polar surface area (TPSA) is 64.3 Å². The number of benzene rings is 1. The summed E-state index contributed by atoms with van der Waals surface area (Å²) in [6.07, 6.45) is 0. The van der Waals surface area contributed by atoms with Gasteiger partial charge in [0.2, 0.25) is 5.91 Å². The van der Waals surface area contributed by atoms with Crippen molar-refractivity contribution in [2.45, 2.75) is 4.90 Å². The van der Waals surface area contributed by atoms with Crippen molar-refractivity contribution >= 4 is 35.0 Å². The molecule has 0 saturated carbocycles. The molecular weight excluding hydrogens is 260 g/mol. The first-order valence-electron chi connectivity index (χ1n) is 5.07. The molecule has 1 rings (SSSR count). The van der Waals surface area contributed by atoms with Gasteiger partial charge in [-0.2, -0.15) is 0 Å². The molecule has 0 unspecified atom stereocenters. The zero-order valence-electron chi connectivity index (χ0n) is 9.53. The molecule has 0 heterocycles. The fourth-order valence-electron chi connectivity index (χ4n) is 1.14. The van der Waals surface area contributed by atoms with Crippen molar-refractivity contribution in [3.05, 3.63) is 23.2 Å². The van der Waals surface area contributed by atoms with E-state index in [2.05, 4.69) is 5.32 Å². The molecule has 0 bridgehead atoms. The molecule has 1 amide bonds. The Bertz CT molecular complexity index is 388. The van der Waals surface area contributed by atoms with Crippen molar-refractivity contribution in [2.24, 2.45) is 0 Å². The molecule has 1 aromatic carbocycles. The second kappa shape index (κ2) is 7.42. The summed E-state index contributed by atoms with van der Waals surface area (Å²) < 4.78 is 4.83. The van der Waals surface area contributed by atoms with E-state index in [0.29, 0.717) is 29.6 Å². The molecule has 17 heavy (non-hydrogen) atoms. The molecule has 4 nitrogen and oxygen atoms in total. The number of nitrogens with one attached hydrogen (secondary N) is 1. The van der Waals surface area contributed by atoms with Crippen molar-refractivity contribution < 1.29 is 9.53 Å². The average molecular weight is 275 g/mol. The van der Waals surface area contributed by atoms with Gasteiger partial charge in [0.05, 0.1) is 12.4 Å². The second-order valence-electron chi connectivity index (χ2n) is 3.31. The summed E-state index contributed by atoms with van der Waals surface area (Å²) in [5.74, 6) is 0.289. The van der Waals surface area contributed by atoms with E-state index in [1.165, 1.54) is 11.8 Å². The summed E-state index contributed by atoms with van der Waals surface area (Å²) in [6, 6.07) is 5.24. The van der Waals surface area contributed by atoms with Crippen molar-refractivity contribution in [1.82, 2.24) is 5.32 Å². The molecule has 0 aliphatic heterocycles. The molecule has 3 N–H and O–H groups in total. The van der Waals surface area contributed by atoms with Crippen LogP contribution in [-0.4, -0.2) is 31.9 Å². The van der Waals surface area contributed by atoms with Crippen molar-refractivity contribution in [2.75, 3.05) is 31.7 Å². The van der Waals surface area contributed by atoms with Crippen LogP contribution in [0.25, 0.3) is 0 Å². The monoisotopic (exact) mass is 274 g/mol. The molecular formula is C11H15ClN2O2S. The number of nitrogen functional groups attached to an aromatic ring is 1. The van der Waals surface area contributed by atoms with Crippen LogP contribution in [0.1, 0.15) is 0 Å². The van der Waals surface area contributed by atoms with Gasteiger partial charge in [-0.15, -0.1) is 11.8 Å². The minimum atomic E-state index is -0.0404. The summed E-state index contributed by atoms with van der Waals surface area (Å²) in [5, 5.41) is 3.33. The maximum atomic E-state index is 11.4. The van der Waals surface area contributed by atoms with Crippen LogP contribution >= 0.6 is 23.4 Å². The Labute approximate surface area is 110 Å². The van der Waals surface area contributed by atoms with E-state index in [1.807, 2.05) is 6.07 Å². The number of carbonyl (C=O) groups is 1. The zero-order valence-corrected chi connectivity index (χ0v) is 11.1. The van der Waals surface area contributed by atoms with E-state index < -0.39 is 0 Å². The number of anilines is 1. The fourth-order valence-corrected chi connectivity index (χ4v) is 2.10. The molecule has 0 spiro atoms. The van der Waals surface area contributed by atoms with Crippen molar-refractivity contribution in [3.63, 3.8) is 0 Å². The van der Waals surface area contributed by atoms with Gasteiger partial charge in [-0.25, -0.2) is 0 Å². The molecule has 0 saturated heterocycles. The van der Waals surface area contributed by atoms with Gasteiger partial charge in [0.1, 0.15) is 0 Å². The highest BCUT2D eigenvalue weighted by atomic mass is 35.5. The molecule has 0 fully saturated rings. The maximum absolute atomic E-state index is 11.4. The van der Waals surface area contributed by atoms with Gasteiger partial charge in [-0.05, 0) is 18.2 Å². The van der Waals surface area contributed by atoms with Gasteiger partial charge >= 0.3 is 0 Å². The number of ether oxygens (including phenoxy) is 1. The lowest BCUT2D eigenvalue weighted by atomic mass is 10.3. The highest BCUT2D eigenvalue weighted by Crippen LogP contribution is 2.27. The highest BCUT2D eigenvalue weighted by molar-refractivity contribution is 8.00. The fraction of sp³-hybridized carbons (Fsp3) is 0.364. The van der Waals surface area contributed by atoms with E-state index in [1.54, 1.807) is 19.2 Å². The second-order valence-corrected chi connectivity index (χ2v) is 4.77. The van der Waals surface area contributed by atoms with Gasteiger partial charge < -0.3 is 15.8 Å². The van der Waals surface area contributed by atoms with Gasteiger partial charge in [-0.1, -0.05) is 11.6 Å². The predicted molar refractivity (Wildman–Crippen MR) is 71.5 cm³/mol. The lowest BCUT2D eigenvalue weighted by molar-refractivity contribution is -0.118. The number of methoxy groups -OCH3 is 1. The van der Waals surface area contributed by atoms with E-state index in [0.717, 1.165) is 4.90 Å². The minimum absolute atomic E-state index is 0.0404. The molecule has 0 aliphatic rings. The Balaban J connectivity index is 2.37. The van der Waals surface area contributed by atoms with Crippen LogP contribution in [0.3, 0.4) is 0 Å². The molecule has 0 radical (unpaired) electrons. The average Bonchev–Trinajstić information content (AvgIpc) is 2.28. The van der Waals surface area contributed by atoms with Crippen LogP contribution in [0.5, 0.6) is 0 Å². The third kappa shape index (κ3) is 5.30. The summed E-state index contributed by atoms with van der Waals surface area (Å²) in [7, 11) is 1.59. The Kier molecular flexibility index (Phi) is 6.18. The first kappa shape index (κ1) is 14.2. The number of carbonyl (C=O) groups excluding carboxylic acids is 1. The SMILES string of the molecule is COCCNC(=O)CSc1ccc(Cl)cc1N. The van der Waals surface area contributed by atoms with Crippen LogP contribution in [0, 0.1) is 0 Å². The quantitative estimate of drug-likeness (QED) is 0.471. The third-order valence-electron chi connectivity index (χ3n) is 1.96. The van der Waals surface area contributed by atoms with Crippen LogP contribution in [0.15, 0.2) is 23.1 Å². The molecule has 0 aliphatic carbocycles. The van der Waals surface area contributed by atoms with Gasteiger partial charge in [0.15, 0.2) is 0 Å². The van der Waals surface area contributed by atoms with Gasteiger partial charge in [0.25, 0.3) is 0 Å². The van der Waals surface area contributed by atoms with E-state index in [4.69, 9.17) is 22.1 Å². The lowest BCUT2D eigenvalue weighted by Crippen LogP contribution is -2.28. The molecule has 0 atom stereocenters. The van der Waals surface area contributed by atoms with Crippen molar-refractivity contribution in [1.29, 1.82) is 0 Å². The molecule has 6 heteroatoms.